The van der Waals surface area contributed by atoms with Gasteiger partial charge in [0.2, 0.25) is 0 Å². The molecular formula is C16H20N2O2. The fourth-order valence-electron chi connectivity index (χ4n) is 2.86. The highest BCUT2D eigenvalue weighted by molar-refractivity contribution is 5.76. The minimum absolute atomic E-state index is 0.168. The van der Waals surface area contributed by atoms with Crippen LogP contribution in [-0.2, 0) is 11.2 Å². The van der Waals surface area contributed by atoms with Gasteiger partial charge in [0.05, 0.1) is 17.5 Å². The average molecular weight is 272 g/mol. The molecule has 20 heavy (non-hydrogen) atoms. The Bertz CT molecular complexity index is 654. The predicted molar refractivity (Wildman–Crippen MR) is 77.7 cm³/mol. The molecule has 1 saturated carbocycles. The van der Waals surface area contributed by atoms with Crippen molar-refractivity contribution in [1.29, 1.82) is 0 Å². The molecule has 0 amide bonds. The zero-order valence-electron chi connectivity index (χ0n) is 12.0. The van der Waals surface area contributed by atoms with Crippen molar-refractivity contribution in [2.45, 2.75) is 45.6 Å². The first-order chi connectivity index (χ1) is 9.46. The molecule has 2 aromatic rings. The number of hydrogen-bond acceptors (Lipinski definition) is 2. The van der Waals surface area contributed by atoms with Gasteiger partial charge in [-0.3, -0.25) is 4.79 Å². The predicted octanol–water partition coefficient (Wildman–Crippen LogP) is 3.41. The van der Waals surface area contributed by atoms with Crippen LogP contribution in [0.2, 0.25) is 0 Å². The third-order valence-corrected chi connectivity index (χ3v) is 3.85. The van der Waals surface area contributed by atoms with Gasteiger partial charge in [-0.25, -0.2) is 4.98 Å². The molecule has 1 aliphatic carbocycles. The van der Waals surface area contributed by atoms with Crippen LogP contribution in [-0.4, -0.2) is 20.6 Å². The Kier molecular flexibility index (Phi) is 3.04. The van der Waals surface area contributed by atoms with Gasteiger partial charge in [-0.2, -0.15) is 0 Å². The molecule has 0 spiro atoms. The van der Waals surface area contributed by atoms with E-state index in [4.69, 9.17) is 10.1 Å². The van der Waals surface area contributed by atoms with Gasteiger partial charge >= 0.3 is 5.97 Å². The van der Waals surface area contributed by atoms with Crippen molar-refractivity contribution in [2.24, 2.45) is 5.41 Å². The lowest BCUT2D eigenvalue weighted by Crippen LogP contribution is -2.21. The first-order valence-corrected chi connectivity index (χ1v) is 7.14. The number of nitrogens with zero attached hydrogens (tertiary/aromatic N) is 2. The summed E-state index contributed by atoms with van der Waals surface area (Å²) in [4.78, 5) is 15.7. The lowest BCUT2D eigenvalue weighted by molar-refractivity contribution is -0.139. The lowest BCUT2D eigenvalue weighted by Gasteiger charge is -2.22. The number of carbonyl (C=O) groups is 1. The molecule has 1 aromatic carbocycles. The molecule has 0 bridgehead atoms. The van der Waals surface area contributed by atoms with Crippen LogP contribution >= 0.6 is 0 Å². The number of imidazole rings is 1. The average Bonchev–Trinajstić information content (AvgIpc) is 3.09. The van der Waals surface area contributed by atoms with Gasteiger partial charge in [-0.1, -0.05) is 26.0 Å². The number of carboxylic acids is 1. The zero-order chi connectivity index (χ0) is 14.3. The number of para-hydroxylation sites is 2. The molecular weight excluding hydrogens is 252 g/mol. The zero-order valence-corrected chi connectivity index (χ0v) is 12.0. The molecule has 1 aromatic heterocycles. The Morgan fingerprint density at radius 2 is 2.10 bits per heavy atom. The smallest absolute Gasteiger partial charge is 0.303 e. The summed E-state index contributed by atoms with van der Waals surface area (Å²) >= 11 is 0. The number of aliphatic carboxylic acids is 1. The molecule has 4 heteroatoms. The minimum Gasteiger partial charge on any atom is -0.481 e. The molecule has 1 aliphatic rings. The van der Waals surface area contributed by atoms with Crippen LogP contribution < -0.4 is 0 Å². The largest absolute Gasteiger partial charge is 0.481 e. The van der Waals surface area contributed by atoms with E-state index in [1.807, 2.05) is 32.0 Å². The van der Waals surface area contributed by atoms with E-state index in [2.05, 4.69) is 10.6 Å². The summed E-state index contributed by atoms with van der Waals surface area (Å²) < 4.78 is 2.32. The molecule has 0 aliphatic heterocycles. The van der Waals surface area contributed by atoms with E-state index < -0.39 is 5.97 Å². The molecule has 0 atom stereocenters. The van der Waals surface area contributed by atoms with Gasteiger partial charge in [0.1, 0.15) is 5.82 Å². The van der Waals surface area contributed by atoms with Gasteiger partial charge in [0.25, 0.3) is 0 Å². The Morgan fingerprint density at radius 3 is 2.75 bits per heavy atom. The summed E-state index contributed by atoms with van der Waals surface area (Å²) in [7, 11) is 0. The van der Waals surface area contributed by atoms with Crippen LogP contribution in [0.4, 0.5) is 0 Å². The van der Waals surface area contributed by atoms with Crippen LogP contribution in [0.15, 0.2) is 24.3 Å². The third-order valence-electron chi connectivity index (χ3n) is 3.85. The maximum atomic E-state index is 11.0. The molecule has 1 heterocycles. The molecule has 0 radical (unpaired) electrons. The highest BCUT2D eigenvalue weighted by Gasteiger charge is 2.31. The number of aromatic nitrogens is 2. The second-order valence-electron chi connectivity index (χ2n) is 6.53. The van der Waals surface area contributed by atoms with Crippen LogP contribution in [0.5, 0.6) is 0 Å². The molecule has 4 nitrogen and oxygen atoms in total. The minimum atomic E-state index is -0.746. The monoisotopic (exact) mass is 272 g/mol. The molecule has 0 saturated heterocycles. The number of fused-ring (bicyclic) bond motifs is 1. The Morgan fingerprint density at radius 1 is 1.40 bits per heavy atom. The van der Waals surface area contributed by atoms with E-state index in [0.29, 0.717) is 12.5 Å². The summed E-state index contributed by atoms with van der Waals surface area (Å²) in [5, 5.41) is 9.03. The molecule has 1 fully saturated rings. The van der Waals surface area contributed by atoms with Crippen LogP contribution in [0.3, 0.4) is 0 Å². The third kappa shape index (κ3) is 2.55. The maximum absolute atomic E-state index is 11.0. The van der Waals surface area contributed by atoms with E-state index in [1.165, 1.54) is 18.4 Å². The summed E-state index contributed by atoms with van der Waals surface area (Å²) in [5.74, 6) is 0.282. The molecule has 0 unspecified atom stereocenters. The fourth-order valence-corrected chi connectivity index (χ4v) is 2.86. The number of rotatable bonds is 5. The number of carboxylic acid groups (broad SMARTS) is 1. The first-order valence-electron chi connectivity index (χ1n) is 7.14. The second-order valence-corrected chi connectivity index (χ2v) is 6.53. The van der Waals surface area contributed by atoms with Crippen molar-refractivity contribution in [3.63, 3.8) is 0 Å². The lowest BCUT2D eigenvalue weighted by atomic mass is 9.85. The van der Waals surface area contributed by atoms with E-state index in [1.54, 1.807) is 0 Å². The second kappa shape index (κ2) is 4.62. The standard InChI is InChI=1S/C16H20N2O2/c1-16(2,10-15(19)20)9-14-17-12-5-3-4-6-13(12)18(14)11-7-8-11/h3-6,11H,7-10H2,1-2H3,(H,19,20). The molecule has 106 valence electrons. The quantitative estimate of drug-likeness (QED) is 0.907. The number of benzene rings is 1. The topological polar surface area (TPSA) is 55.1 Å². The van der Waals surface area contributed by atoms with Crippen molar-refractivity contribution >= 4 is 17.0 Å². The van der Waals surface area contributed by atoms with Gasteiger partial charge in [0.15, 0.2) is 0 Å². The summed E-state index contributed by atoms with van der Waals surface area (Å²) in [5.41, 5.74) is 1.91. The van der Waals surface area contributed by atoms with Gasteiger partial charge in [0, 0.05) is 12.5 Å². The van der Waals surface area contributed by atoms with Gasteiger partial charge in [-0.05, 0) is 30.4 Å². The van der Waals surface area contributed by atoms with Crippen molar-refractivity contribution in [1.82, 2.24) is 9.55 Å². The molecule has 3 rings (SSSR count). The Labute approximate surface area is 118 Å². The van der Waals surface area contributed by atoms with Crippen LogP contribution in [0.25, 0.3) is 11.0 Å². The van der Waals surface area contributed by atoms with Crippen molar-refractivity contribution in [3.8, 4) is 0 Å². The van der Waals surface area contributed by atoms with Gasteiger partial charge in [-0.15, -0.1) is 0 Å². The normalized spacial score (nSPS) is 15.7. The van der Waals surface area contributed by atoms with Crippen molar-refractivity contribution < 1.29 is 9.90 Å². The van der Waals surface area contributed by atoms with Crippen molar-refractivity contribution in [2.75, 3.05) is 0 Å². The summed E-state index contributed by atoms with van der Waals surface area (Å²) in [6, 6.07) is 8.72. The van der Waals surface area contributed by atoms with Crippen LogP contribution in [0.1, 0.15) is 45.0 Å². The molecule has 1 N–H and O–H groups in total. The van der Waals surface area contributed by atoms with E-state index >= 15 is 0 Å². The van der Waals surface area contributed by atoms with E-state index in [0.717, 1.165) is 11.3 Å². The summed E-state index contributed by atoms with van der Waals surface area (Å²) in [6.07, 6.45) is 3.27. The highest BCUT2D eigenvalue weighted by Crippen LogP contribution is 2.40. The first kappa shape index (κ1) is 13.2. The summed E-state index contributed by atoms with van der Waals surface area (Å²) in [6.45, 7) is 4.00. The van der Waals surface area contributed by atoms with Crippen LogP contribution in [0, 0.1) is 5.41 Å². The Balaban J connectivity index is 1.98. The Hall–Kier alpha value is -1.84. The van der Waals surface area contributed by atoms with Gasteiger partial charge < -0.3 is 9.67 Å². The van der Waals surface area contributed by atoms with Crippen molar-refractivity contribution in [3.05, 3.63) is 30.1 Å². The van der Waals surface area contributed by atoms with E-state index in [-0.39, 0.29) is 11.8 Å². The highest BCUT2D eigenvalue weighted by atomic mass is 16.4. The van der Waals surface area contributed by atoms with E-state index in [9.17, 15) is 4.79 Å². The maximum Gasteiger partial charge on any atom is 0.303 e. The SMILES string of the molecule is CC(C)(CC(=O)O)Cc1nc2ccccc2n1C1CC1. The number of hydrogen-bond donors (Lipinski definition) is 1. The fraction of sp³-hybridized carbons (Fsp3) is 0.500.